The summed E-state index contributed by atoms with van der Waals surface area (Å²) in [6, 6.07) is 8.00. The topological polar surface area (TPSA) is 77.9 Å². The summed E-state index contributed by atoms with van der Waals surface area (Å²) in [5.41, 5.74) is 3.53. The van der Waals surface area contributed by atoms with Crippen molar-refractivity contribution in [3.63, 3.8) is 0 Å². The zero-order valence-electron chi connectivity index (χ0n) is 22.6. The van der Waals surface area contributed by atoms with Gasteiger partial charge in [-0.3, -0.25) is 4.79 Å². The van der Waals surface area contributed by atoms with Crippen molar-refractivity contribution in [2.75, 3.05) is 22.2 Å². The third-order valence-electron chi connectivity index (χ3n) is 7.49. The highest BCUT2D eigenvalue weighted by atomic mass is 19.4. The van der Waals surface area contributed by atoms with Crippen LogP contribution in [0.2, 0.25) is 0 Å². The molecule has 0 radical (unpaired) electrons. The zero-order chi connectivity index (χ0) is 27.8. The van der Waals surface area contributed by atoms with Crippen molar-refractivity contribution in [3.8, 4) is 5.75 Å². The number of carboxylic acid groups (broad SMARTS) is 1. The Balaban J connectivity index is 1.71. The quantitative estimate of drug-likeness (QED) is 0.404. The van der Waals surface area contributed by atoms with E-state index in [1.54, 1.807) is 12.1 Å². The molecular weight excluding hydrogens is 497 g/mol. The number of aryl methyl sites for hydroxylation is 2. The lowest BCUT2D eigenvalue weighted by Gasteiger charge is -2.45. The number of hydrogen-bond acceptors (Lipinski definition) is 6. The molecule has 38 heavy (non-hydrogen) atoms. The number of nitrogens with one attached hydrogen (secondary N) is 1. The molecule has 1 unspecified atom stereocenters. The number of aliphatic carboxylic acids is 1. The molecular formula is C28H37F3N4O3. The molecule has 2 heterocycles. The van der Waals surface area contributed by atoms with E-state index in [4.69, 9.17) is 4.98 Å². The molecule has 1 aliphatic heterocycles. The van der Waals surface area contributed by atoms with Crippen molar-refractivity contribution < 1.29 is 27.8 Å². The third kappa shape index (κ3) is 6.27. The first-order valence-electron chi connectivity index (χ1n) is 13.1. The van der Waals surface area contributed by atoms with Crippen molar-refractivity contribution in [3.05, 3.63) is 41.6 Å². The van der Waals surface area contributed by atoms with Crippen molar-refractivity contribution in [1.82, 2.24) is 4.98 Å². The largest absolute Gasteiger partial charge is 0.573 e. The monoisotopic (exact) mass is 534 g/mol. The molecule has 1 aromatic heterocycles. The van der Waals surface area contributed by atoms with Gasteiger partial charge >= 0.3 is 12.3 Å². The lowest BCUT2D eigenvalue weighted by molar-refractivity contribution is -0.274. The fourth-order valence-corrected chi connectivity index (χ4v) is 6.17. The van der Waals surface area contributed by atoms with E-state index in [0.717, 1.165) is 42.0 Å². The van der Waals surface area contributed by atoms with Crippen molar-refractivity contribution in [2.24, 2.45) is 11.3 Å². The van der Waals surface area contributed by atoms with E-state index < -0.39 is 12.3 Å². The molecule has 10 heteroatoms. The average molecular weight is 535 g/mol. The summed E-state index contributed by atoms with van der Waals surface area (Å²) in [5, 5.41) is 12.7. The number of nitrogens with zero attached hydrogens (tertiary/aromatic N) is 3. The SMILES string of the molecule is CCc1nc2c(cc1CCC(=O)O)N(C)C(Nc1ccc(OC(F)(F)F)cc1)N2[C@@H]1C[C@H](C)CC(C)(C)C1. The summed E-state index contributed by atoms with van der Waals surface area (Å²) in [4.78, 5) is 20.7. The Kier molecular flexibility index (Phi) is 7.72. The van der Waals surface area contributed by atoms with Gasteiger partial charge in [0.1, 0.15) is 5.75 Å². The predicted molar refractivity (Wildman–Crippen MR) is 142 cm³/mol. The molecule has 2 aromatic rings. The van der Waals surface area contributed by atoms with Crippen molar-refractivity contribution in [1.29, 1.82) is 0 Å². The fraction of sp³-hybridized carbons (Fsp3) is 0.571. The van der Waals surface area contributed by atoms with E-state index in [1.165, 1.54) is 12.1 Å². The van der Waals surface area contributed by atoms with Crippen LogP contribution in [0.4, 0.5) is 30.4 Å². The van der Waals surface area contributed by atoms with Crippen molar-refractivity contribution >= 4 is 23.2 Å². The van der Waals surface area contributed by atoms with Crippen LogP contribution in [0, 0.1) is 11.3 Å². The minimum atomic E-state index is -4.75. The first kappa shape index (κ1) is 27.9. The molecule has 0 amide bonds. The summed E-state index contributed by atoms with van der Waals surface area (Å²) < 4.78 is 41.9. The zero-order valence-corrected chi connectivity index (χ0v) is 22.6. The first-order chi connectivity index (χ1) is 17.8. The lowest BCUT2D eigenvalue weighted by Crippen LogP contribution is -2.54. The number of rotatable bonds is 8. The number of aromatic nitrogens is 1. The standard InChI is InChI=1S/C28H37F3N4O3/c1-6-22-18(7-12-24(36)37)14-23-25(33-22)35(20-13-17(2)15-27(3,4)16-20)26(34(23)5)32-19-8-10-21(11-9-19)38-28(29,30)31/h8-11,14,17,20,26,32H,6-7,12-13,15-16H2,1-5H3,(H,36,37)/t17-,20+,26?/m0/s1. The summed E-state index contributed by atoms with van der Waals surface area (Å²) in [7, 11) is 1.96. The average Bonchev–Trinajstić information content (AvgIpc) is 3.06. The van der Waals surface area contributed by atoms with Gasteiger partial charge in [-0.05, 0) is 79.3 Å². The molecule has 0 saturated heterocycles. The van der Waals surface area contributed by atoms with Crippen molar-refractivity contribution in [2.45, 2.75) is 84.9 Å². The van der Waals surface area contributed by atoms with E-state index in [9.17, 15) is 23.1 Å². The van der Waals surface area contributed by atoms with Crippen LogP contribution in [-0.2, 0) is 17.6 Å². The van der Waals surface area contributed by atoms with E-state index in [0.29, 0.717) is 24.4 Å². The van der Waals surface area contributed by atoms with Crippen LogP contribution >= 0.6 is 0 Å². The van der Waals surface area contributed by atoms with Gasteiger partial charge in [0, 0.05) is 30.9 Å². The number of ether oxygens (including phenoxy) is 1. The molecule has 3 atom stereocenters. The second kappa shape index (κ2) is 10.5. The highest BCUT2D eigenvalue weighted by Gasteiger charge is 2.44. The number of fused-ring (bicyclic) bond motifs is 1. The highest BCUT2D eigenvalue weighted by molar-refractivity contribution is 5.77. The van der Waals surface area contributed by atoms with E-state index in [2.05, 4.69) is 46.7 Å². The van der Waals surface area contributed by atoms with Gasteiger partial charge < -0.3 is 25.0 Å². The van der Waals surface area contributed by atoms with Gasteiger partial charge in [-0.1, -0.05) is 27.7 Å². The summed E-state index contributed by atoms with van der Waals surface area (Å²) in [6.07, 6.45) is -0.835. The Hall–Kier alpha value is -3.17. The molecule has 4 rings (SSSR count). The Morgan fingerprint density at radius 2 is 1.92 bits per heavy atom. The van der Waals surface area contributed by atoms with Gasteiger partial charge in [-0.2, -0.15) is 0 Å². The van der Waals surface area contributed by atoms with Crippen LogP contribution in [0.1, 0.15) is 64.6 Å². The Bertz CT molecular complexity index is 1150. The lowest BCUT2D eigenvalue weighted by atomic mass is 9.70. The second-order valence-electron chi connectivity index (χ2n) is 11.4. The van der Waals surface area contributed by atoms with Crippen LogP contribution < -0.4 is 19.9 Å². The summed E-state index contributed by atoms with van der Waals surface area (Å²) in [6.45, 7) is 8.88. The number of pyridine rings is 1. The van der Waals surface area contributed by atoms with Gasteiger partial charge in [-0.25, -0.2) is 4.98 Å². The maximum absolute atomic E-state index is 12.6. The molecule has 1 aromatic carbocycles. The molecule has 2 aliphatic rings. The van der Waals surface area contributed by atoms with Crippen LogP contribution in [0.3, 0.4) is 0 Å². The first-order valence-corrected chi connectivity index (χ1v) is 13.1. The van der Waals surface area contributed by atoms with Gasteiger partial charge in [0.05, 0.1) is 5.69 Å². The number of anilines is 3. The van der Waals surface area contributed by atoms with E-state index >= 15 is 0 Å². The van der Waals surface area contributed by atoms with Crippen LogP contribution in [0.25, 0.3) is 0 Å². The predicted octanol–water partition coefficient (Wildman–Crippen LogP) is 6.43. The maximum Gasteiger partial charge on any atom is 0.573 e. The second-order valence-corrected chi connectivity index (χ2v) is 11.4. The molecule has 7 nitrogen and oxygen atoms in total. The Labute approximate surface area is 222 Å². The van der Waals surface area contributed by atoms with Crippen LogP contribution in [0.5, 0.6) is 5.75 Å². The fourth-order valence-electron chi connectivity index (χ4n) is 6.17. The molecule has 208 valence electrons. The normalized spacial score (nSPS) is 22.8. The van der Waals surface area contributed by atoms with Gasteiger partial charge in [-0.15, -0.1) is 13.2 Å². The Morgan fingerprint density at radius 1 is 1.24 bits per heavy atom. The number of halogens is 3. The van der Waals surface area contributed by atoms with Crippen LogP contribution in [-0.4, -0.2) is 41.8 Å². The number of benzene rings is 1. The third-order valence-corrected chi connectivity index (χ3v) is 7.49. The number of carbonyl (C=O) groups is 1. The minimum Gasteiger partial charge on any atom is -0.481 e. The molecule has 1 aliphatic carbocycles. The summed E-state index contributed by atoms with van der Waals surface area (Å²) >= 11 is 0. The van der Waals surface area contributed by atoms with Gasteiger partial charge in [0.25, 0.3) is 0 Å². The van der Waals surface area contributed by atoms with Gasteiger partial charge in [0.2, 0.25) is 0 Å². The highest BCUT2D eigenvalue weighted by Crippen LogP contribution is 2.47. The Morgan fingerprint density at radius 3 is 2.50 bits per heavy atom. The molecule has 0 bridgehead atoms. The van der Waals surface area contributed by atoms with E-state index in [-0.39, 0.29) is 29.9 Å². The van der Waals surface area contributed by atoms with Gasteiger partial charge in [0.15, 0.2) is 12.1 Å². The number of hydrogen-bond donors (Lipinski definition) is 2. The molecule has 2 N–H and O–H groups in total. The molecule has 1 saturated carbocycles. The number of alkyl halides is 3. The minimum absolute atomic E-state index is 0.0310. The molecule has 1 fully saturated rings. The smallest absolute Gasteiger partial charge is 0.481 e. The summed E-state index contributed by atoms with van der Waals surface area (Å²) in [5.74, 6) is 0.257. The number of carboxylic acids is 1. The van der Waals surface area contributed by atoms with Crippen LogP contribution in [0.15, 0.2) is 30.3 Å². The molecule has 0 spiro atoms. The maximum atomic E-state index is 12.6. The van der Waals surface area contributed by atoms with E-state index in [1.807, 2.05) is 14.0 Å².